The second-order valence-electron chi connectivity index (χ2n) is 3.46. The van der Waals surface area contributed by atoms with Gasteiger partial charge in [-0.05, 0) is 34.6 Å². The van der Waals surface area contributed by atoms with Gasteiger partial charge in [0.05, 0.1) is 11.3 Å². The molecular formula is C11H13BrN2O3. The molecule has 1 amide bonds. The average Bonchev–Trinajstić information content (AvgIpc) is 2.23. The molecule has 0 aliphatic carbocycles. The van der Waals surface area contributed by atoms with Crippen LogP contribution in [0.2, 0.25) is 0 Å². The molecule has 17 heavy (non-hydrogen) atoms. The Labute approximate surface area is 107 Å². The Morgan fingerprint density at radius 3 is 2.65 bits per heavy atom. The van der Waals surface area contributed by atoms with E-state index in [-0.39, 0.29) is 41.7 Å². The third kappa shape index (κ3) is 3.28. The first kappa shape index (κ1) is 13.7. The molecule has 0 aromatic heterocycles. The number of benzene rings is 1. The van der Waals surface area contributed by atoms with E-state index in [2.05, 4.69) is 21.2 Å². The summed E-state index contributed by atoms with van der Waals surface area (Å²) in [5.74, 6) is -0.747. The van der Waals surface area contributed by atoms with Crippen LogP contribution < -0.4 is 11.1 Å². The van der Waals surface area contributed by atoms with Crippen molar-refractivity contribution in [2.24, 2.45) is 5.73 Å². The molecule has 1 rings (SSSR count). The zero-order chi connectivity index (χ0) is 13.0. The van der Waals surface area contributed by atoms with E-state index in [1.54, 1.807) is 6.07 Å². The van der Waals surface area contributed by atoms with Crippen molar-refractivity contribution in [1.29, 1.82) is 0 Å². The van der Waals surface area contributed by atoms with Crippen molar-refractivity contribution in [3.63, 3.8) is 0 Å². The van der Waals surface area contributed by atoms with E-state index in [0.29, 0.717) is 4.47 Å². The van der Waals surface area contributed by atoms with Crippen molar-refractivity contribution < 1.29 is 14.7 Å². The third-order valence-corrected chi connectivity index (χ3v) is 2.74. The molecule has 0 aliphatic heterocycles. The Hall–Kier alpha value is -1.40. The topological polar surface area (TPSA) is 92.4 Å². The summed E-state index contributed by atoms with van der Waals surface area (Å²) in [7, 11) is 0. The first-order chi connectivity index (χ1) is 7.97. The van der Waals surface area contributed by atoms with Gasteiger partial charge >= 0.3 is 0 Å². The number of halogens is 1. The van der Waals surface area contributed by atoms with Crippen LogP contribution in [0.1, 0.15) is 23.7 Å². The Bertz CT molecular complexity index is 460. The van der Waals surface area contributed by atoms with Crippen molar-refractivity contribution in [1.82, 2.24) is 0 Å². The number of rotatable bonds is 4. The summed E-state index contributed by atoms with van der Waals surface area (Å²) in [5, 5.41) is 12.1. The van der Waals surface area contributed by atoms with Crippen LogP contribution >= 0.6 is 15.9 Å². The van der Waals surface area contributed by atoms with E-state index in [4.69, 9.17) is 5.73 Å². The van der Waals surface area contributed by atoms with Gasteiger partial charge in [-0.2, -0.15) is 0 Å². The highest BCUT2D eigenvalue weighted by atomic mass is 79.9. The van der Waals surface area contributed by atoms with E-state index in [9.17, 15) is 14.7 Å². The molecule has 0 spiro atoms. The summed E-state index contributed by atoms with van der Waals surface area (Å²) in [6.07, 6.45) is 0.147. The number of phenols is 1. The number of nitrogens with two attached hydrogens (primary N) is 1. The average molecular weight is 301 g/mol. The highest BCUT2D eigenvalue weighted by molar-refractivity contribution is 9.10. The normalized spacial score (nSPS) is 10.1. The lowest BCUT2D eigenvalue weighted by molar-refractivity contribution is -0.114. The quantitative estimate of drug-likeness (QED) is 0.582. The van der Waals surface area contributed by atoms with Crippen LogP contribution in [0, 0.1) is 0 Å². The number of ketones is 1. The minimum absolute atomic E-state index is 0.116. The molecule has 5 nitrogen and oxygen atoms in total. The summed E-state index contributed by atoms with van der Waals surface area (Å²) in [4.78, 5) is 22.9. The first-order valence-electron chi connectivity index (χ1n) is 4.99. The number of phenolic OH excluding ortho intramolecular Hbond substituents is 1. The SMILES string of the molecule is CC(=O)Nc1c(O)ccc(Br)c1C(=O)CCN. The molecule has 1 aromatic rings. The van der Waals surface area contributed by atoms with Gasteiger partial charge in [-0.15, -0.1) is 0 Å². The molecule has 0 saturated heterocycles. The fourth-order valence-electron chi connectivity index (χ4n) is 1.40. The predicted molar refractivity (Wildman–Crippen MR) is 68.1 cm³/mol. The van der Waals surface area contributed by atoms with Crippen LogP contribution in [0.5, 0.6) is 5.75 Å². The van der Waals surface area contributed by atoms with E-state index in [0.717, 1.165) is 0 Å². The molecule has 0 bridgehead atoms. The van der Waals surface area contributed by atoms with Crippen LogP contribution in [0.3, 0.4) is 0 Å². The van der Waals surface area contributed by atoms with E-state index < -0.39 is 0 Å². The molecule has 0 atom stereocenters. The second kappa shape index (κ2) is 5.79. The molecule has 0 radical (unpaired) electrons. The number of Topliss-reactive ketones (excluding diaryl/α,β-unsaturated/α-hetero) is 1. The monoisotopic (exact) mass is 300 g/mol. The van der Waals surface area contributed by atoms with E-state index >= 15 is 0 Å². The predicted octanol–water partition coefficient (Wildman–Crippen LogP) is 1.64. The number of hydrogen-bond donors (Lipinski definition) is 3. The van der Waals surface area contributed by atoms with Crippen LogP contribution in [-0.2, 0) is 4.79 Å². The molecule has 0 heterocycles. The fraction of sp³-hybridized carbons (Fsp3) is 0.273. The number of hydrogen-bond acceptors (Lipinski definition) is 4. The van der Waals surface area contributed by atoms with Gasteiger partial charge in [-0.1, -0.05) is 0 Å². The van der Waals surface area contributed by atoms with Crippen molar-refractivity contribution >= 4 is 33.3 Å². The Kier molecular flexibility index (Phi) is 4.65. The van der Waals surface area contributed by atoms with Gasteiger partial charge < -0.3 is 16.2 Å². The lowest BCUT2D eigenvalue weighted by atomic mass is 10.1. The summed E-state index contributed by atoms with van der Waals surface area (Å²) >= 11 is 3.22. The smallest absolute Gasteiger partial charge is 0.221 e. The zero-order valence-corrected chi connectivity index (χ0v) is 10.9. The molecule has 0 unspecified atom stereocenters. The molecule has 1 aromatic carbocycles. The van der Waals surface area contributed by atoms with Crippen LogP contribution in [0.4, 0.5) is 5.69 Å². The number of aromatic hydroxyl groups is 1. The van der Waals surface area contributed by atoms with Crippen molar-refractivity contribution in [3.8, 4) is 5.75 Å². The zero-order valence-electron chi connectivity index (χ0n) is 9.29. The first-order valence-corrected chi connectivity index (χ1v) is 5.79. The van der Waals surface area contributed by atoms with Gasteiger partial charge in [0.25, 0.3) is 0 Å². The molecule has 4 N–H and O–H groups in total. The maximum Gasteiger partial charge on any atom is 0.221 e. The fourth-order valence-corrected chi connectivity index (χ4v) is 1.95. The number of nitrogens with one attached hydrogen (secondary N) is 1. The van der Waals surface area contributed by atoms with Gasteiger partial charge in [0.1, 0.15) is 5.75 Å². The highest BCUT2D eigenvalue weighted by Crippen LogP contribution is 2.34. The number of carbonyl (C=O) groups excluding carboxylic acids is 2. The molecule has 0 aliphatic rings. The standard InChI is InChI=1S/C11H13BrN2O3/c1-6(15)14-11-9(17)3-2-7(12)10(11)8(16)4-5-13/h2-3,17H,4-5,13H2,1H3,(H,14,15). The van der Waals surface area contributed by atoms with Crippen LogP contribution in [0.15, 0.2) is 16.6 Å². The van der Waals surface area contributed by atoms with Crippen LogP contribution in [-0.4, -0.2) is 23.3 Å². The van der Waals surface area contributed by atoms with Gasteiger partial charge in [0.15, 0.2) is 5.78 Å². The Morgan fingerprint density at radius 1 is 1.47 bits per heavy atom. The van der Waals surface area contributed by atoms with Gasteiger partial charge in [-0.25, -0.2) is 0 Å². The molecule has 0 saturated carbocycles. The lowest BCUT2D eigenvalue weighted by Gasteiger charge is -2.12. The summed E-state index contributed by atoms with van der Waals surface area (Å²) in [6.45, 7) is 1.51. The van der Waals surface area contributed by atoms with E-state index in [1.165, 1.54) is 13.0 Å². The summed E-state index contributed by atoms with van der Waals surface area (Å²) in [5.41, 5.74) is 5.68. The van der Waals surface area contributed by atoms with Crippen LogP contribution in [0.25, 0.3) is 0 Å². The summed E-state index contributed by atoms with van der Waals surface area (Å²) < 4.78 is 0.512. The minimum Gasteiger partial charge on any atom is -0.506 e. The van der Waals surface area contributed by atoms with Gasteiger partial charge in [0, 0.05) is 17.8 Å². The van der Waals surface area contributed by atoms with Gasteiger partial charge in [-0.3, -0.25) is 9.59 Å². The number of carbonyl (C=O) groups is 2. The Balaban J connectivity index is 3.28. The maximum absolute atomic E-state index is 11.8. The minimum atomic E-state index is -0.361. The summed E-state index contributed by atoms with van der Waals surface area (Å²) in [6, 6.07) is 2.94. The molecule has 6 heteroatoms. The molecular weight excluding hydrogens is 288 g/mol. The number of amides is 1. The van der Waals surface area contributed by atoms with Crippen molar-refractivity contribution in [2.45, 2.75) is 13.3 Å². The highest BCUT2D eigenvalue weighted by Gasteiger charge is 2.18. The third-order valence-electron chi connectivity index (χ3n) is 2.08. The van der Waals surface area contributed by atoms with Gasteiger partial charge in [0.2, 0.25) is 5.91 Å². The van der Waals surface area contributed by atoms with Crippen molar-refractivity contribution in [2.75, 3.05) is 11.9 Å². The number of anilines is 1. The van der Waals surface area contributed by atoms with E-state index in [1.807, 2.05) is 0 Å². The second-order valence-corrected chi connectivity index (χ2v) is 4.31. The largest absolute Gasteiger partial charge is 0.506 e. The lowest BCUT2D eigenvalue weighted by Crippen LogP contribution is -2.14. The van der Waals surface area contributed by atoms with Crippen molar-refractivity contribution in [3.05, 3.63) is 22.2 Å². The molecule has 0 fully saturated rings. The maximum atomic E-state index is 11.8. The molecule has 92 valence electrons. The Morgan fingerprint density at radius 2 is 2.12 bits per heavy atom.